The second-order valence-corrected chi connectivity index (χ2v) is 5.00. The molecule has 0 amide bonds. The van der Waals surface area contributed by atoms with E-state index in [9.17, 15) is 0 Å². The molecule has 2 heteroatoms. The molecule has 1 fully saturated rings. The summed E-state index contributed by atoms with van der Waals surface area (Å²) in [5.74, 6) is 0.548. The monoisotopic (exact) mass is 204 g/mol. The van der Waals surface area contributed by atoms with Gasteiger partial charge in [0.1, 0.15) is 0 Å². The van der Waals surface area contributed by atoms with Gasteiger partial charge in [-0.25, -0.2) is 0 Å². The van der Waals surface area contributed by atoms with Crippen LogP contribution in [0.5, 0.6) is 0 Å². The average Bonchev–Trinajstić information content (AvgIpc) is 2.17. The molecule has 2 rings (SSSR count). The number of nitrogens with two attached hydrogens (primary N) is 1. The van der Waals surface area contributed by atoms with Crippen molar-refractivity contribution in [2.75, 3.05) is 6.54 Å². The predicted molar refractivity (Wildman–Crippen MR) is 62.9 cm³/mol. The van der Waals surface area contributed by atoms with Gasteiger partial charge in [0.25, 0.3) is 0 Å². The second kappa shape index (κ2) is 3.93. The van der Waals surface area contributed by atoms with E-state index in [2.05, 4.69) is 24.9 Å². The first-order chi connectivity index (χ1) is 7.18. The maximum atomic E-state index is 5.90. The molecule has 0 spiro atoms. The number of nitrogens with zero attached hydrogens (tertiary/aromatic N) is 1. The highest BCUT2D eigenvalue weighted by Gasteiger charge is 2.37. The van der Waals surface area contributed by atoms with Crippen molar-refractivity contribution in [1.82, 2.24) is 4.98 Å². The van der Waals surface area contributed by atoms with Crippen LogP contribution in [0, 0.1) is 0 Å². The first-order valence-electron chi connectivity index (χ1n) is 5.83. The van der Waals surface area contributed by atoms with Gasteiger partial charge >= 0.3 is 0 Å². The Morgan fingerprint density at radius 2 is 2.13 bits per heavy atom. The van der Waals surface area contributed by atoms with E-state index in [0.717, 1.165) is 6.54 Å². The molecule has 1 aliphatic rings. The number of hydrogen-bond acceptors (Lipinski definition) is 2. The topological polar surface area (TPSA) is 38.9 Å². The van der Waals surface area contributed by atoms with Gasteiger partial charge in [0, 0.05) is 24.4 Å². The van der Waals surface area contributed by atoms with Crippen LogP contribution in [-0.4, -0.2) is 11.5 Å². The Kier molecular flexibility index (Phi) is 2.79. The van der Waals surface area contributed by atoms with Crippen LogP contribution < -0.4 is 5.73 Å². The largest absolute Gasteiger partial charge is 0.330 e. The molecule has 1 aromatic heterocycles. The highest BCUT2D eigenvalue weighted by Crippen LogP contribution is 2.42. The van der Waals surface area contributed by atoms with Crippen molar-refractivity contribution in [2.24, 2.45) is 5.73 Å². The van der Waals surface area contributed by atoms with Gasteiger partial charge in [0.05, 0.1) is 0 Å². The molecule has 2 nitrogen and oxygen atoms in total. The summed E-state index contributed by atoms with van der Waals surface area (Å²) in [6.45, 7) is 5.17. The lowest BCUT2D eigenvalue weighted by Crippen LogP contribution is -2.41. The van der Waals surface area contributed by atoms with Crippen LogP contribution in [0.25, 0.3) is 0 Å². The summed E-state index contributed by atoms with van der Waals surface area (Å²) in [4.78, 5) is 4.35. The van der Waals surface area contributed by atoms with Gasteiger partial charge in [-0.15, -0.1) is 0 Å². The van der Waals surface area contributed by atoms with Crippen LogP contribution in [0.2, 0.25) is 0 Å². The zero-order valence-electron chi connectivity index (χ0n) is 9.66. The Labute approximate surface area is 91.9 Å². The summed E-state index contributed by atoms with van der Waals surface area (Å²) in [6.07, 6.45) is 7.73. The third-order valence-electron chi connectivity index (χ3n) is 3.74. The SMILES string of the molecule is CC(C)c1cncc(C2(CN)CCC2)c1. The predicted octanol–water partition coefficient (Wildman–Crippen LogP) is 2.59. The molecule has 0 atom stereocenters. The molecule has 0 aliphatic heterocycles. The average molecular weight is 204 g/mol. The Morgan fingerprint density at radius 1 is 1.40 bits per heavy atom. The van der Waals surface area contributed by atoms with Gasteiger partial charge in [-0.05, 0) is 29.9 Å². The molecule has 82 valence electrons. The van der Waals surface area contributed by atoms with Gasteiger partial charge in [-0.2, -0.15) is 0 Å². The highest BCUT2D eigenvalue weighted by molar-refractivity contribution is 5.30. The smallest absolute Gasteiger partial charge is 0.0306 e. The molecule has 0 unspecified atom stereocenters. The molecule has 2 N–H and O–H groups in total. The first-order valence-corrected chi connectivity index (χ1v) is 5.83. The van der Waals surface area contributed by atoms with Crippen LogP contribution in [0.4, 0.5) is 0 Å². The summed E-state index contributed by atoms with van der Waals surface area (Å²) in [6, 6.07) is 2.30. The Morgan fingerprint density at radius 3 is 2.60 bits per heavy atom. The lowest BCUT2D eigenvalue weighted by molar-refractivity contribution is 0.252. The van der Waals surface area contributed by atoms with E-state index in [0.29, 0.717) is 5.92 Å². The van der Waals surface area contributed by atoms with Gasteiger partial charge in [0.2, 0.25) is 0 Å². The summed E-state index contributed by atoms with van der Waals surface area (Å²) >= 11 is 0. The maximum absolute atomic E-state index is 5.90. The Balaban J connectivity index is 2.31. The fourth-order valence-corrected chi connectivity index (χ4v) is 2.28. The lowest BCUT2D eigenvalue weighted by Gasteiger charge is -2.41. The van der Waals surface area contributed by atoms with Crippen molar-refractivity contribution in [3.63, 3.8) is 0 Å². The molecule has 1 aliphatic carbocycles. The van der Waals surface area contributed by atoms with E-state index < -0.39 is 0 Å². The summed E-state index contributed by atoms with van der Waals surface area (Å²) in [5.41, 5.74) is 8.82. The van der Waals surface area contributed by atoms with E-state index in [1.165, 1.54) is 30.4 Å². The molecule has 15 heavy (non-hydrogen) atoms. The minimum Gasteiger partial charge on any atom is -0.330 e. The van der Waals surface area contributed by atoms with Crippen LogP contribution in [0.3, 0.4) is 0 Å². The number of hydrogen-bond donors (Lipinski definition) is 1. The van der Waals surface area contributed by atoms with Crippen LogP contribution in [-0.2, 0) is 5.41 Å². The van der Waals surface area contributed by atoms with E-state index in [1.54, 1.807) is 0 Å². The first kappa shape index (κ1) is 10.6. The van der Waals surface area contributed by atoms with Gasteiger partial charge in [0.15, 0.2) is 0 Å². The summed E-state index contributed by atoms with van der Waals surface area (Å²) < 4.78 is 0. The van der Waals surface area contributed by atoms with Crippen molar-refractivity contribution in [3.05, 3.63) is 29.6 Å². The Bertz CT molecular complexity index is 335. The van der Waals surface area contributed by atoms with Gasteiger partial charge < -0.3 is 5.73 Å². The summed E-state index contributed by atoms with van der Waals surface area (Å²) in [5, 5.41) is 0. The van der Waals surface area contributed by atoms with Gasteiger partial charge in [-0.1, -0.05) is 26.3 Å². The number of pyridine rings is 1. The number of aromatic nitrogens is 1. The van der Waals surface area contributed by atoms with E-state index in [-0.39, 0.29) is 5.41 Å². The van der Waals surface area contributed by atoms with Crippen molar-refractivity contribution in [2.45, 2.75) is 44.4 Å². The molecule has 0 saturated heterocycles. The minimum absolute atomic E-state index is 0.248. The van der Waals surface area contributed by atoms with Crippen molar-refractivity contribution >= 4 is 0 Å². The van der Waals surface area contributed by atoms with Crippen LogP contribution >= 0.6 is 0 Å². The van der Waals surface area contributed by atoms with Crippen molar-refractivity contribution in [3.8, 4) is 0 Å². The van der Waals surface area contributed by atoms with E-state index >= 15 is 0 Å². The fourth-order valence-electron chi connectivity index (χ4n) is 2.28. The molecule has 0 radical (unpaired) electrons. The third kappa shape index (κ3) is 1.78. The fraction of sp³-hybridized carbons (Fsp3) is 0.615. The minimum atomic E-state index is 0.248. The van der Waals surface area contributed by atoms with Crippen LogP contribution in [0.1, 0.15) is 50.2 Å². The quantitative estimate of drug-likeness (QED) is 0.822. The summed E-state index contributed by atoms with van der Waals surface area (Å²) in [7, 11) is 0. The van der Waals surface area contributed by atoms with Crippen molar-refractivity contribution < 1.29 is 0 Å². The molecule has 0 bridgehead atoms. The maximum Gasteiger partial charge on any atom is 0.0306 e. The molecule has 1 aromatic rings. The Hall–Kier alpha value is -0.890. The normalized spacial score (nSPS) is 18.9. The number of rotatable bonds is 3. The third-order valence-corrected chi connectivity index (χ3v) is 3.74. The zero-order chi connectivity index (χ0) is 10.9. The molecular formula is C13H20N2. The lowest BCUT2D eigenvalue weighted by atomic mass is 9.64. The van der Waals surface area contributed by atoms with E-state index in [4.69, 9.17) is 5.73 Å². The molecule has 1 saturated carbocycles. The molecular weight excluding hydrogens is 184 g/mol. The van der Waals surface area contributed by atoms with Crippen LogP contribution in [0.15, 0.2) is 18.5 Å². The molecule has 1 heterocycles. The zero-order valence-corrected chi connectivity index (χ0v) is 9.66. The van der Waals surface area contributed by atoms with Gasteiger partial charge in [-0.3, -0.25) is 4.98 Å². The standard InChI is InChI=1S/C13H20N2/c1-10(2)11-6-12(8-15-7-11)13(9-14)4-3-5-13/h6-8,10H,3-5,9,14H2,1-2H3. The second-order valence-electron chi connectivity index (χ2n) is 5.00. The van der Waals surface area contributed by atoms with Crippen molar-refractivity contribution in [1.29, 1.82) is 0 Å². The molecule has 0 aromatic carbocycles. The van der Waals surface area contributed by atoms with E-state index in [1.807, 2.05) is 12.4 Å². The highest BCUT2D eigenvalue weighted by atomic mass is 14.7.